The molecule has 0 saturated carbocycles. The summed E-state index contributed by atoms with van der Waals surface area (Å²) in [6.45, 7) is 10.5. The van der Waals surface area contributed by atoms with Gasteiger partial charge in [-0.25, -0.2) is 0 Å². The maximum Gasteiger partial charge on any atom is 0.305 e. The van der Waals surface area contributed by atoms with E-state index in [0.717, 1.165) is 30.5 Å². The number of unbranched alkanes of at least 4 members (excludes halogenated alkanes) is 1. The van der Waals surface area contributed by atoms with Gasteiger partial charge in [-0.2, -0.15) is 0 Å². The molecule has 0 radical (unpaired) electrons. The van der Waals surface area contributed by atoms with Crippen LogP contribution < -0.4 is 5.32 Å². The Labute approximate surface area is 220 Å². The number of rotatable bonds is 13. The Kier molecular flexibility index (Phi) is 10.0. The van der Waals surface area contributed by atoms with Crippen LogP contribution in [0.2, 0.25) is 0 Å². The maximum atomic E-state index is 12.5. The summed E-state index contributed by atoms with van der Waals surface area (Å²) in [6, 6.07) is 16.0. The summed E-state index contributed by atoms with van der Waals surface area (Å²) in [5.74, 6) is 0.921. The van der Waals surface area contributed by atoms with Gasteiger partial charge in [0, 0.05) is 35.1 Å². The van der Waals surface area contributed by atoms with E-state index in [1.165, 1.54) is 5.56 Å². The van der Waals surface area contributed by atoms with E-state index in [0.29, 0.717) is 36.8 Å². The summed E-state index contributed by atoms with van der Waals surface area (Å²) < 4.78 is 10.8. The van der Waals surface area contributed by atoms with Crippen LogP contribution in [0.4, 0.5) is 5.69 Å². The molecule has 0 aliphatic heterocycles. The molecule has 0 amide bonds. The molecular formula is C30H39N3O4. The number of Topliss-reactive ketones (excluding diaryl/α,β-unsaturated/α-hetero) is 1. The van der Waals surface area contributed by atoms with Gasteiger partial charge in [0.15, 0.2) is 5.78 Å². The third-order valence-corrected chi connectivity index (χ3v) is 6.11. The standard InChI is InChI=1S/C30H39N3O4/c1-6-8-10-25(21-13-15-23(16-14-21)28-32-33-29(37-28)30(3,4)5)31-24-19-17-22(18-20-24)26(34)11-9-12-27(35)36-7-2/h13-20,25,31H,6-12H2,1-5H3. The van der Waals surface area contributed by atoms with Crippen molar-refractivity contribution in [3.8, 4) is 11.5 Å². The number of esters is 1. The lowest BCUT2D eigenvalue weighted by molar-refractivity contribution is -0.143. The summed E-state index contributed by atoms with van der Waals surface area (Å²) in [5, 5.41) is 12.0. The minimum atomic E-state index is -0.257. The quantitative estimate of drug-likeness (QED) is 0.192. The summed E-state index contributed by atoms with van der Waals surface area (Å²) >= 11 is 0. The largest absolute Gasteiger partial charge is 0.466 e. The van der Waals surface area contributed by atoms with Gasteiger partial charge in [-0.05, 0) is 61.7 Å². The second-order valence-electron chi connectivity index (χ2n) is 10.3. The van der Waals surface area contributed by atoms with E-state index < -0.39 is 0 Å². The Morgan fingerprint density at radius 2 is 1.65 bits per heavy atom. The van der Waals surface area contributed by atoms with Crippen molar-refractivity contribution in [1.29, 1.82) is 0 Å². The highest BCUT2D eigenvalue weighted by atomic mass is 16.5. The second kappa shape index (κ2) is 13.2. The van der Waals surface area contributed by atoms with Gasteiger partial charge in [-0.1, -0.05) is 52.7 Å². The number of nitrogens with one attached hydrogen (secondary N) is 1. The molecule has 3 rings (SSSR count). The third-order valence-electron chi connectivity index (χ3n) is 6.11. The fraction of sp³-hybridized carbons (Fsp3) is 0.467. The molecular weight excluding hydrogens is 466 g/mol. The number of hydrogen-bond acceptors (Lipinski definition) is 7. The second-order valence-corrected chi connectivity index (χ2v) is 10.3. The summed E-state index contributed by atoms with van der Waals surface area (Å²) in [6.07, 6.45) is 4.27. The molecule has 7 heteroatoms. The third kappa shape index (κ3) is 8.27. The molecule has 1 N–H and O–H groups in total. The smallest absolute Gasteiger partial charge is 0.305 e. The first kappa shape index (κ1) is 28.1. The average molecular weight is 506 g/mol. The van der Waals surface area contributed by atoms with Crippen molar-refractivity contribution >= 4 is 17.4 Å². The SMILES string of the molecule is CCCCC(Nc1ccc(C(=O)CCCC(=O)OCC)cc1)c1ccc(-c2nnc(C(C)(C)C)o2)cc1. The van der Waals surface area contributed by atoms with E-state index in [1.807, 2.05) is 57.2 Å². The fourth-order valence-corrected chi connectivity index (χ4v) is 3.96. The van der Waals surface area contributed by atoms with Gasteiger partial charge in [0.05, 0.1) is 12.6 Å². The van der Waals surface area contributed by atoms with E-state index in [2.05, 4.69) is 34.6 Å². The highest BCUT2D eigenvalue weighted by molar-refractivity contribution is 5.96. The zero-order valence-corrected chi connectivity index (χ0v) is 22.7. The number of hydrogen-bond donors (Lipinski definition) is 1. The zero-order valence-electron chi connectivity index (χ0n) is 22.7. The molecule has 1 unspecified atom stereocenters. The van der Waals surface area contributed by atoms with Gasteiger partial charge < -0.3 is 14.5 Å². The lowest BCUT2D eigenvalue weighted by Crippen LogP contribution is -2.11. The van der Waals surface area contributed by atoms with Crippen molar-refractivity contribution in [3.05, 3.63) is 65.5 Å². The summed E-state index contributed by atoms with van der Waals surface area (Å²) in [7, 11) is 0. The summed E-state index contributed by atoms with van der Waals surface area (Å²) in [5.41, 5.74) is 3.49. The van der Waals surface area contributed by atoms with Crippen LogP contribution in [0.5, 0.6) is 0 Å². The number of ether oxygens (including phenoxy) is 1. The highest BCUT2D eigenvalue weighted by Gasteiger charge is 2.22. The minimum absolute atomic E-state index is 0.0320. The Hall–Kier alpha value is -3.48. The molecule has 0 aliphatic rings. The van der Waals surface area contributed by atoms with Gasteiger partial charge in [0.1, 0.15) is 0 Å². The minimum Gasteiger partial charge on any atom is -0.466 e. The number of benzene rings is 2. The molecule has 0 spiro atoms. The molecule has 37 heavy (non-hydrogen) atoms. The molecule has 1 atom stereocenters. The van der Waals surface area contributed by atoms with E-state index in [4.69, 9.17) is 9.15 Å². The van der Waals surface area contributed by atoms with Crippen LogP contribution in [-0.4, -0.2) is 28.6 Å². The van der Waals surface area contributed by atoms with Crippen molar-refractivity contribution in [1.82, 2.24) is 10.2 Å². The number of carbonyl (C=O) groups is 2. The van der Waals surface area contributed by atoms with Gasteiger partial charge in [-0.3, -0.25) is 9.59 Å². The Morgan fingerprint density at radius 3 is 2.24 bits per heavy atom. The Balaban J connectivity index is 1.65. The fourth-order valence-electron chi connectivity index (χ4n) is 3.96. The van der Waals surface area contributed by atoms with Gasteiger partial charge in [-0.15, -0.1) is 10.2 Å². The van der Waals surface area contributed by atoms with E-state index >= 15 is 0 Å². The van der Waals surface area contributed by atoms with Gasteiger partial charge >= 0.3 is 5.97 Å². The van der Waals surface area contributed by atoms with Crippen LogP contribution in [0.25, 0.3) is 11.5 Å². The highest BCUT2D eigenvalue weighted by Crippen LogP contribution is 2.29. The molecule has 0 fully saturated rings. The number of ketones is 1. The van der Waals surface area contributed by atoms with E-state index in [-0.39, 0.29) is 29.6 Å². The van der Waals surface area contributed by atoms with Crippen molar-refractivity contribution in [2.24, 2.45) is 0 Å². The molecule has 1 heterocycles. The van der Waals surface area contributed by atoms with Crippen LogP contribution in [0, 0.1) is 0 Å². The molecule has 3 aromatic rings. The molecule has 198 valence electrons. The first-order valence-corrected chi connectivity index (χ1v) is 13.2. The van der Waals surface area contributed by atoms with E-state index in [9.17, 15) is 9.59 Å². The molecule has 1 aromatic heterocycles. The Bertz CT molecular complexity index is 1140. The maximum absolute atomic E-state index is 12.5. The lowest BCUT2D eigenvalue weighted by Gasteiger charge is -2.21. The number of aromatic nitrogens is 2. The molecule has 2 aromatic carbocycles. The van der Waals surface area contributed by atoms with Crippen molar-refractivity contribution in [2.75, 3.05) is 11.9 Å². The predicted octanol–water partition coefficient (Wildman–Crippen LogP) is 7.29. The number of carbonyl (C=O) groups excluding carboxylic acids is 2. The van der Waals surface area contributed by atoms with Crippen LogP contribution in [0.1, 0.15) is 101 Å². The Morgan fingerprint density at radius 1 is 0.946 bits per heavy atom. The molecule has 0 saturated heterocycles. The van der Waals surface area contributed by atoms with Crippen molar-refractivity contribution in [2.45, 2.75) is 84.6 Å². The number of anilines is 1. The molecule has 0 aliphatic carbocycles. The normalized spacial score (nSPS) is 12.2. The average Bonchev–Trinajstić information content (AvgIpc) is 3.38. The van der Waals surface area contributed by atoms with Crippen molar-refractivity contribution in [3.63, 3.8) is 0 Å². The summed E-state index contributed by atoms with van der Waals surface area (Å²) in [4.78, 5) is 24.0. The van der Waals surface area contributed by atoms with Crippen molar-refractivity contribution < 1.29 is 18.7 Å². The monoisotopic (exact) mass is 505 g/mol. The predicted molar refractivity (Wildman–Crippen MR) is 146 cm³/mol. The lowest BCUT2D eigenvalue weighted by atomic mass is 9.97. The van der Waals surface area contributed by atoms with Crippen LogP contribution >= 0.6 is 0 Å². The topological polar surface area (TPSA) is 94.3 Å². The van der Waals surface area contributed by atoms with Crippen LogP contribution in [-0.2, 0) is 14.9 Å². The van der Waals surface area contributed by atoms with Crippen LogP contribution in [0.15, 0.2) is 52.9 Å². The van der Waals surface area contributed by atoms with Gasteiger partial charge in [0.2, 0.25) is 11.8 Å². The first-order valence-electron chi connectivity index (χ1n) is 13.2. The molecule has 7 nitrogen and oxygen atoms in total. The first-order chi connectivity index (χ1) is 17.7. The number of nitrogens with zero attached hydrogens (tertiary/aromatic N) is 2. The van der Waals surface area contributed by atoms with E-state index in [1.54, 1.807) is 6.92 Å². The van der Waals surface area contributed by atoms with Gasteiger partial charge in [0.25, 0.3) is 0 Å². The molecule has 0 bridgehead atoms. The van der Waals surface area contributed by atoms with Crippen LogP contribution in [0.3, 0.4) is 0 Å². The zero-order chi connectivity index (χ0) is 26.8.